The van der Waals surface area contributed by atoms with Crippen molar-refractivity contribution in [2.45, 2.75) is 38.3 Å². The van der Waals surface area contributed by atoms with Gasteiger partial charge in [0.25, 0.3) is 0 Å². The van der Waals surface area contributed by atoms with E-state index in [4.69, 9.17) is 17.3 Å². The molecule has 45 heavy (non-hydrogen) atoms. The standard InChI is InChI=1S/C33H32F2N8OS/c1-33(16-42(2)9-8-19(33)11-34)17-44-32-40-29-23(31(41-32)43-14-20-6-7-21(15-43)39-20)10-18(12-36)26(28(29)35)22-4-3-5-25-27(22)24(13-37)30(38)45-25/h3-5,10-11,20-21,39H,6-9,14-17,38H2,1-2H3/b19-11+/t20-,21+,33-/m0/s1/i2D3,17D2. The van der Waals surface area contributed by atoms with Crippen LogP contribution in [0.15, 0.2) is 36.2 Å². The summed E-state index contributed by atoms with van der Waals surface area (Å²) in [6.45, 7) is -3.36. The molecular formula is C33H32F2N8OS. The maximum Gasteiger partial charge on any atom is 0.319 e. The van der Waals surface area contributed by atoms with Crippen molar-refractivity contribution < 1.29 is 20.4 Å². The topological polar surface area (TPSA) is 127 Å². The van der Waals surface area contributed by atoms with Gasteiger partial charge in [-0.25, -0.2) is 8.78 Å². The molecule has 2 aromatic heterocycles. The Morgan fingerprint density at radius 3 is 2.80 bits per heavy atom. The molecule has 3 aliphatic heterocycles. The van der Waals surface area contributed by atoms with Gasteiger partial charge < -0.3 is 25.6 Å². The van der Waals surface area contributed by atoms with Crippen LogP contribution in [0, 0.1) is 33.9 Å². The van der Waals surface area contributed by atoms with Gasteiger partial charge in [0.2, 0.25) is 0 Å². The molecule has 0 unspecified atom stereocenters. The van der Waals surface area contributed by atoms with Crippen molar-refractivity contribution >= 4 is 43.1 Å². The number of nitriles is 2. The summed E-state index contributed by atoms with van der Waals surface area (Å²) >= 11 is 1.17. The van der Waals surface area contributed by atoms with E-state index >= 15 is 4.39 Å². The van der Waals surface area contributed by atoms with Crippen LogP contribution in [-0.4, -0.2) is 66.7 Å². The number of benzene rings is 2. The lowest BCUT2D eigenvalue weighted by molar-refractivity contribution is 0.109. The van der Waals surface area contributed by atoms with Crippen LogP contribution >= 0.6 is 11.3 Å². The highest BCUT2D eigenvalue weighted by Crippen LogP contribution is 2.44. The molecule has 0 aliphatic carbocycles. The Labute approximate surface area is 270 Å². The minimum Gasteiger partial charge on any atom is -0.462 e. The molecular weight excluding hydrogens is 594 g/mol. The van der Waals surface area contributed by atoms with Gasteiger partial charge in [-0.3, -0.25) is 0 Å². The Hall–Kier alpha value is -4.36. The van der Waals surface area contributed by atoms with Crippen LogP contribution in [-0.2, 0) is 0 Å². The zero-order chi connectivity index (χ0) is 35.7. The second-order valence-corrected chi connectivity index (χ2v) is 13.1. The van der Waals surface area contributed by atoms with Gasteiger partial charge in [-0.2, -0.15) is 20.5 Å². The molecule has 0 saturated carbocycles. The number of rotatable bonds is 5. The number of hydrogen-bond donors (Lipinski definition) is 2. The highest BCUT2D eigenvalue weighted by atomic mass is 32.1. The van der Waals surface area contributed by atoms with Crippen molar-refractivity contribution in [3.05, 3.63) is 53.1 Å². The minimum atomic E-state index is -2.77. The van der Waals surface area contributed by atoms with E-state index in [1.54, 1.807) is 18.2 Å². The van der Waals surface area contributed by atoms with E-state index < -0.39 is 37.3 Å². The van der Waals surface area contributed by atoms with E-state index in [9.17, 15) is 14.9 Å². The smallest absolute Gasteiger partial charge is 0.319 e. The number of thiophene rings is 1. The monoisotopic (exact) mass is 631 g/mol. The molecule has 0 amide bonds. The normalized spacial score (nSPS) is 26.6. The van der Waals surface area contributed by atoms with Crippen LogP contribution in [0.3, 0.4) is 0 Å². The van der Waals surface area contributed by atoms with E-state index in [1.807, 2.05) is 4.90 Å². The molecule has 3 N–H and O–H groups in total. The third-order valence-corrected chi connectivity index (χ3v) is 10.0. The summed E-state index contributed by atoms with van der Waals surface area (Å²) in [5.41, 5.74) is 4.38. The lowest BCUT2D eigenvalue weighted by Crippen LogP contribution is -2.51. The van der Waals surface area contributed by atoms with E-state index in [1.165, 1.54) is 24.3 Å². The maximum atomic E-state index is 17.2. The fourth-order valence-corrected chi connectivity index (χ4v) is 7.76. The quantitative estimate of drug-likeness (QED) is 0.294. The Morgan fingerprint density at radius 2 is 2.09 bits per heavy atom. The van der Waals surface area contributed by atoms with Gasteiger partial charge in [-0.15, -0.1) is 11.3 Å². The van der Waals surface area contributed by atoms with Crippen molar-refractivity contribution in [1.29, 1.82) is 10.5 Å². The molecule has 5 heterocycles. The number of halogens is 2. The van der Waals surface area contributed by atoms with Crippen LogP contribution in [0.2, 0.25) is 0 Å². The second-order valence-electron chi connectivity index (χ2n) is 12.0. The van der Waals surface area contributed by atoms with Gasteiger partial charge in [-0.05, 0) is 49.5 Å². The first-order chi connectivity index (χ1) is 23.7. The number of likely N-dealkylation sites (tertiary alicyclic amines) is 1. The summed E-state index contributed by atoms with van der Waals surface area (Å²) in [5.74, 6) is -0.676. The molecule has 7 rings (SSSR count). The number of piperidine rings is 1. The molecule has 0 radical (unpaired) electrons. The first-order valence-electron chi connectivity index (χ1n) is 17.1. The maximum absolute atomic E-state index is 17.2. The highest BCUT2D eigenvalue weighted by molar-refractivity contribution is 7.23. The summed E-state index contributed by atoms with van der Waals surface area (Å²) < 4.78 is 79.8. The molecule has 4 aromatic rings. The van der Waals surface area contributed by atoms with Crippen LogP contribution in [0.1, 0.15) is 44.2 Å². The number of anilines is 2. The van der Waals surface area contributed by atoms with Gasteiger partial charge in [0.05, 0.1) is 26.3 Å². The molecule has 3 fully saturated rings. The van der Waals surface area contributed by atoms with Gasteiger partial charge in [0.15, 0.2) is 5.82 Å². The summed E-state index contributed by atoms with van der Waals surface area (Å²) in [5, 5.41) is 24.6. The number of nitrogen functional groups attached to an aromatic ring is 1. The first-order valence-corrected chi connectivity index (χ1v) is 15.4. The molecule has 3 saturated heterocycles. The van der Waals surface area contributed by atoms with Crippen molar-refractivity contribution in [2.24, 2.45) is 5.41 Å². The van der Waals surface area contributed by atoms with Crippen LogP contribution in [0.4, 0.5) is 19.6 Å². The van der Waals surface area contributed by atoms with Crippen molar-refractivity contribution in [1.82, 2.24) is 20.2 Å². The average Bonchev–Trinajstić information content (AvgIpc) is 3.59. The lowest BCUT2D eigenvalue weighted by atomic mass is 9.78. The number of hydrogen-bond acceptors (Lipinski definition) is 10. The number of nitrogens with one attached hydrogen (secondary N) is 1. The van der Waals surface area contributed by atoms with Crippen molar-refractivity contribution in [3.63, 3.8) is 0 Å². The van der Waals surface area contributed by atoms with Crippen LogP contribution in [0.25, 0.3) is 32.1 Å². The van der Waals surface area contributed by atoms with Gasteiger partial charge >= 0.3 is 6.01 Å². The van der Waals surface area contributed by atoms with Gasteiger partial charge in [0, 0.05) is 68.8 Å². The average molecular weight is 632 g/mol. The fraction of sp³-hybridized carbons (Fsp3) is 0.394. The summed E-state index contributed by atoms with van der Waals surface area (Å²) in [6, 6.07) is 10.4. The second kappa shape index (κ2) is 11.2. The van der Waals surface area contributed by atoms with Gasteiger partial charge in [0.1, 0.15) is 29.0 Å². The molecule has 230 valence electrons. The van der Waals surface area contributed by atoms with Gasteiger partial charge in [-0.1, -0.05) is 19.1 Å². The van der Waals surface area contributed by atoms with Crippen molar-refractivity contribution in [3.8, 4) is 29.3 Å². The molecule has 12 heteroatoms. The third-order valence-electron chi connectivity index (χ3n) is 9.02. The minimum absolute atomic E-state index is 0.00879. The zero-order valence-electron chi connectivity index (χ0n) is 29.3. The van der Waals surface area contributed by atoms with Crippen LogP contribution in [0.5, 0.6) is 6.01 Å². The Bertz CT molecular complexity index is 2150. The lowest BCUT2D eigenvalue weighted by Gasteiger charge is -2.40. The summed E-state index contributed by atoms with van der Waals surface area (Å²) in [7, 11) is 0. The predicted molar refractivity (Wildman–Crippen MR) is 171 cm³/mol. The zero-order valence-corrected chi connectivity index (χ0v) is 25.1. The van der Waals surface area contributed by atoms with E-state index in [2.05, 4.69) is 27.4 Å². The fourth-order valence-electron chi connectivity index (χ4n) is 6.81. The van der Waals surface area contributed by atoms with E-state index in [0.717, 1.165) is 17.7 Å². The van der Waals surface area contributed by atoms with Crippen LogP contribution < -0.4 is 20.7 Å². The third kappa shape index (κ3) is 4.94. The molecule has 9 nitrogen and oxygen atoms in total. The molecule has 2 bridgehead atoms. The van der Waals surface area contributed by atoms with E-state index in [0.29, 0.717) is 23.2 Å². The largest absolute Gasteiger partial charge is 0.462 e. The molecule has 3 atom stereocenters. The Kier molecular flexibility index (Phi) is 5.97. The molecule has 2 aromatic carbocycles. The Morgan fingerprint density at radius 1 is 1.29 bits per heavy atom. The highest BCUT2D eigenvalue weighted by Gasteiger charge is 2.37. The number of nitrogens with two attached hydrogens (primary N) is 1. The molecule has 3 aliphatic rings. The number of aromatic nitrogens is 2. The first kappa shape index (κ1) is 23.9. The SMILES string of the molecule is [2H]C([2H])([2H])N1CC/C(=C\F)[C@](C)(C([2H])([2H])Oc2nc(N3C[C@H]4CC[C@@H](C3)N4)c3cc(C#N)c(-c4cccc5sc(N)c(C#N)c45)c(F)c3n2)C1. The predicted octanol–water partition coefficient (Wildman–Crippen LogP) is 5.49. The number of fused-ring (bicyclic) bond motifs is 4. The molecule has 0 spiro atoms. The van der Waals surface area contributed by atoms with E-state index in [-0.39, 0.29) is 80.9 Å². The number of nitrogens with zero attached hydrogens (tertiary/aromatic N) is 6. The summed E-state index contributed by atoms with van der Waals surface area (Å²) in [6.07, 6.45) is 2.07. The summed E-state index contributed by atoms with van der Waals surface area (Å²) in [4.78, 5) is 12.0. The van der Waals surface area contributed by atoms with Crippen molar-refractivity contribution in [2.75, 3.05) is 50.3 Å². The number of piperazine rings is 1. The number of ether oxygens (including phenoxy) is 1. The Balaban J connectivity index is 1.43.